The third kappa shape index (κ3) is 2.98. The van der Waals surface area contributed by atoms with Crippen LogP contribution in [-0.2, 0) is 17.6 Å². The zero-order chi connectivity index (χ0) is 17.4. The molecule has 0 spiro atoms. The maximum Gasteiger partial charge on any atom is 0.337 e. The molecule has 0 bridgehead atoms. The van der Waals surface area contributed by atoms with Gasteiger partial charge in [0.2, 0.25) is 5.88 Å². The van der Waals surface area contributed by atoms with Crippen molar-refractivity contribution in [2.75, 3.05) is 7.11 Å². The highest BCUT2D eigenvalue weighted by Crippen LogP contribution is 2.41. The van der Waals surface area contributed by atoms with E-state index in [2.05, 4.69) is 16.9 Å². The average molecular weight is 354 g/mol. The Kier molecular flexibility index (Phi) is 4.13. The highest BCUT2D eigenvalue weighted by atomic mass is 32.1. The Morgan fingerprint density at radius 3 is 2.80 bits per heavy atom. The van der Waals surface area contributed by atoms with Crippen LogP contribution < -0.4 is 4.74 Å². The van der Waals surface area contributed by atoms with Gasteiger partial charge >= 0.3 is 5.97 Å². The third-order valence-corrected chi connectivity index (χ3v) is 5.71. The van der Waals surface area contributed by atoms with E-state index in [4.69, 9.17) is 9.47 Å². The van der Waals surface area contributed by atoms with Gasteiger partial charge in [0.1, 0.15) is 16.9 Å². The molecule has 3 aromatic rings. The smallest absolute Gasteiger partial charge is 0.337 e. The molecule has 0 unspecified atom stereocenters. The molecule has 5 nitrogen and oxygen atoms in total. The molecule has 0 amide bonds. The molecule has 4 rings (SSSR count). The van der Waals surface area contributed by atoms with Crippen LogP contribution in [0.3, 0.4) is 0 Å². The molecule has 2 heterocycles. The first kappa shape index (κ1) is 16.0. The molecule has 0 saturated carbocycles. The summed E-state index contributed by atoms with van der Waals surface area (Å²) in [5.41, 5.74) is 1.82. The maximum absolute atomic E-state index is 11.5. The maximum atomic E-state index is 11.5. The molecule has 1 atom stereocenters. The number of benzene rings is 1. The fraction of sp³-hybridized carbons (Fsp3) is 0.316. The molecule has 6 heteroatoms. The second-order valence-corrected chi connectivity index (χ2v) is 7.41. The van der Waals surface area contributed by atoms with E-state index in [1.54, 1.807) is 41.9 Å². The number of methoxy groups -OCH3 is 1. The predicted molar refractivity (Wildman–Crippen MR) is 96.5 cm³/mol. The highest BCUT2D eigenvalue weighted by molar-refractivity contribution is 7.18. The Hall–Kier alpha value is -2.47. The summed E-state index contributed by atoms with van der Waals surface area (Å²) in [4.78, 5) is 22.7. The highest BCUT2D eigenvalue weighted by Gasteiger charge is 2.23. The van der Waals surface area contributed by atoms with Crippen molar-refractivity contribution in [3.8, 4) is 11.6 Å². The fourth-order valence-corrected chi connectivity index (χ4v) is 4.55. The summed E-state index contributed by atoms with van der Waals surface area (Å²) in [6.07, 6.45) is 4.87. The van der Waals surface area contributed by atoms with Gasteiger partial charge in [0.05, 0.1) is 18.1 Å². The minimum atomic E-state index is -0.364. The largest absolute Gasteiger partial charge is 0.465 e. The Bertz CT molecular complexity index is 934. The number of fused-ring (bicyclic) bond motifs is 3. The number of carbonyl (C=O) groups is 1. The monoisotopic (exact) mass is 354 g/mol. The van der Waals surface area contributed by atoms with Crippen LogP contribution in [0.4, 0.5) is 0 Å². The molecule has 1 aliphatic rings. The molecule has 1 aliphatic carbocycles. The summed E-state index contributed by atoms with van der Waals surface area (Å²) < 4.78 is 10.7. The number of esters is 1. The van der Waals surface area contributed by atoms with Gasteiger partial charge in [-0.15, -0.1) is 11.3 Å². The molecule has 25 heavy (non-hydrogen) atoms. The van der Waals surface area contributed by atoms with Crippen molar-refractivity contribution in [2.45, 2.75) is 26.2 Å². The van der Waals surface area contributed by atoms with E-state index in [9.17, 15) is 4.79 Å². The fourth-order valence-electron chi connectivity index (χ4n) is 3.21. The van der Waals surface area contributed by atoms with E-state index >= 15 is 0 Å². The van der Waals surface area contributed by atoms with E-state index in [-0.39, 0.29) is 5.97 Å². The lowest BCUT2D eigenvalue weighted by Gasteiger charge is -2.18. The number of thiophene rings is 1. The van der Waals surface area contributed by atoms with Crippen LogP contribution in [0.15, 0.2) is 30.6 Å². The topological polar surface area (TPSA) is 61.3 Å². The minimum Gasteiger partial charge on any atom is -0.465 e. The Labute approximate surface area is 149 Å². The van der Waals surface area contributed by atoms with E-state index in [0.717, 1.165) is 23.1 Å². The van der Waals surface area contributed by atoms with Gasteiger partial charge in [-0.25, -0.2) is 14.8 Å². The molecule has 128 valence electrons. The molecule has 2 aromatic heterocycles. The molecule has 0 N–H and O–H groups in total. The zero-order valence-corrected chi connectivity index (χ0v) is 14.9. The van der Waals surface area contributed by atoms with Crippen molar-refractivity contribution in [1.82, 2.24) is 9.97 Å². The van der Waals surface area contributed by atoms with Crippen LogP contribution in [0.25, 0.3) is 10.2 Å². The first-order chi connectivity index (χ1) is 12.2. The Balaban J connectivity index is 1.69. The van der Waals surface area contributed by atoms with Crippen LogP contribution in [0, 0.1) is 5.92 Å². The van der Waals surface area contributed by atoms with Crippen LogP contribution in [0.5, 0.6) is 11.6 Å². The van der Waals surface area contributed by atoms with Crippen molar-refractivity contribution < 1.29 is 14.3 Å². The number of hydrogen-bond acceptors (Lipinski definition) is 6. The summed E-state index contributed by atoms with van der Waals surface area (Å²) in [5.74, 6) is 1.57. The van der Waals surface area contributed by atoms with E-state index < -0.39 is 0 Å². The van der Waals surface area contributed by atoms with Gasteiger partial charge in [-0.1, -0.05) is 6.92 Å². The van der Waals surface area contributed by atoms with E-state index in [0.29, 0.717) is 23.1 Å². The quantitative estimate of drug-likeness (QED) is 0.653. The van der Waals surface area contributed by atoms with Crippen molar-refractivity contribution in [2.24, 2.45) is 5.92 Å². The number of hydrogen-bond donors (Lipinski definition) is 0. The summed E-state index contributed by atoms with van der Waals surface area (Å²) in [6.45, 7) is 2.29. The zero-order valence-electron chi connectivity index (χ0n) is 14.1. The predicted octanol–water partition coefficient (Wildman–Crippen LogP) is 4.40. The Morgan fingerprint density at radius 2 is 2.04 bits per heavy atom. The SMILES string of the molecule is COC(=O)c1ccc(Oc2ncnc3sc4c(c23)CC[C@@H](C)C4)cc1. The number of carbonyl (C=O) groups excluding carboxylic acids is 1. The van der Waals surface area contributed by atoms with Gasteiger partial charge in [-0.3, -0.25) is 0 Å². The number of ether oxygens (including phenoxy) is 2. The van der Waals surface area contributed by atoms with Crippen molar-refractivity contribution >= 4 is 27.5 Å². The van der Waals surface area contributed by atoms with Crippen LogP contribution >= 0.6 is 11.3 Å². The molecule has 0 saturated heterocycles. The minimum absolute atomic E-state index is 0.364. The Morgan fingerprint density at radius 1 is 1.24 bits per heavy atom. The van der Waals surface area contributed by atoms with Crippen LogP contribution in [0.1, 0.15) is 34.1 Å². The standard InChI is InChI=1S/C19H18N2O3S/c1-11-3-8-14-15(9-11)25-18-16(14)17(20-10-21-18)24-13-6-4-12(5-7-13)19(22)23-2/h4-7,10-11H,3,8-9H2,1-2H3/t11-/m1/s1. The summed E-state index contributed by atoms with van der Waals surface area (Å²) in [6, 6.07) is 6.87. The van der Waals surface area contributed by atoms with Gasteiger partial charge in [-0.2, -0.15) is 0 Å². The van der Waals surface area contributed by atoms with E-state index in [1.807, 2.05) is 0 Å². The van der Waals surface area contributed by atoms with Crippen molar-refractivity contribution in [3.63, 3.8) is 0 Å². The number of rotatable bonds is 3. The number of aromatic nitrogens is 2. The molecule has 0 radical (unpaired) electrons. The lowest BCUT2D eigenvalue weighted by molar-refractivity contribution is 0.0600. The number of aryl methyl sites for hydroxylation is 1. The normalized spacial score (nSPS) is 16.5. The first-order valence-electron chi connectivity index (χ1n) is 8.27. The van der Waals surface area contributed by atoms with Gasteiger partial charge in [0.25, 0.3) is 0 Å². The second-order valence-electron chi connectivity index (χ2n) is 6.33. The van der Waals surface area contributed by atoms with Gasteiger partial charge in [0.15, 0.2) is 0 Å². The van der Waals surface area contributed by atoms with Crippen molar-refractivity contribution in [1.29, 1.82) is 0 Å². The van der Waals surface area contributed by atoms with Gasteiger partial charge < -0.3 is 9.47 Å². The molecular weight excluding hydrogens is 336 g/mol. The average Bonchev–Trinajstić information content (AvgIpc) is 3.00. The van der Waals surface area contributed by atoms with E-state index in [1.165, 1.54) is 24.0 Å². The second kappa shape index (κ2) is 6.44. The molecule has 0 fully saturated rings. The van der Waals surface area contributed by atoms with Crippen LogP contribution in [0.2, 0.25) is 0 Å². The molecule has 0 aliphatic heterocycles. The van der Waals surface area contributed by atoms with Crippen molar-refractivity contribution in [3.05, 3.63) is 46.6 Å². The molecular formula is C19H18N2O3S. The third-order valence-electron chi connectivity index (χ3n) is 4.55. The number of nitrogens with zero attached hydrogens (tertiary/aromatic N) is 2. The first-order valence-corrected chi connectivity index (χ1v) is 9.09. The summed E-state index contributed by atoms with van der Waals surface area (Å²) >= 11 is 1.75. The lowest BCUT2D eigenvalue weighted by Crippen LogP contribution is -2.08. The molecule has 1 aromatic carbocycles. The summed E-state index contributed by atoms with van der Waals surface area (Å²) in [7, 11) is 1.37. The van der Waals surface area contributed by atoms with Gasteiger partial charge in [0, 0.05) is 4.88 Å². The lowest BCUT2D eigenvalue weighted by atomic mass is 9.89. The summed E-state index contributed by atoms with van der Waals surface area (Å²) in [5, 5.41) is 1.03. The van der Waals surface area contributed by atoms with Crippen LogP contribution in [-0.4, -0.2) is 23.0 Å². The van der Waals surface area contributed by atoms with Gasteiger partial charge in [-0.05, 0) is 55.0 Å².